The van der Waals surface area contributed by atoms with Crippen LogP contribution >= 0.6 is 0 Å². The van der Waals surface area contributed by atoms with Crippen LogP contribution in [0.25, 0.3) is 0 Å². The summed E-state index contributed by atoms with van der Waals surface area (Å²) in [6.07, 6.45) is 1.55. The molecule has 23 heavy (non-hydrogen) atoms. The lowest BCUT2D eigenvalue weighted by Crippen LogP contribution is -2.36. The summed E-state index contributed by atoms with van der Waals surface area (Å²) in [7, 11) is 0. The van der Waals surface area contributed by atoms with Gasteiger partial charge in [0.25, 0.3) is 11.5 Å². The number of ether oxygens (including phenoxy) is 1. The van der Waals surface area contributed by atoms with E-state index in [9.17, 15) is 9.59 Å². The first-order valence-corrected chi connectivity index (χ1v) is 7.62. The van der Waals surface area contributed by atoms with Crippen LogP contribution in [-0.2, 0) is 17.7 Å². The van der Waals surface area contributed by atoms with Crippen LogP contribution in [0.2, 0.25) is 0 Å². The molecule has 2 aromatic rings. The van der Waals surface area contributed by atoms with E-state index in [1.165, 1.54) is 12.1 Å². The smallest absolute Gasteiger partial charge is 0.274 e. The molecule has 0 aliphatic carbocycles. The number of aromatic nitrogens is 3. The lowest BCUT2D eigenvalue weighted by molar-refractivity contribution is 0.0720. The van der Waals surface area contributed by atoms with Gasteiger partial charge in [0.05, 0.1) is 19.1 Å². The molecule has 0 saturated carbocycles. The fourth-order valence-electron chi connectivity index (χ4n) is 2.92. The number of nitrogens with one attached hydrogen (secondary N) is 1. The van der Waals surface area contributed by atoms with E-state index < -0.39 is 0 Å². The molecule has 1 saturated heterocycles. The predicted molar refractivity (Wildman–Crippen MR) is 78.0 cm³/mol. The molecule has 120 valence electrons. The number of amides is 1. The minimum atomic E-state index is -0.331. The van der Waals surface area contributed by atoms with E-state index in [1.807, 2.05) is 0 Å². The average molecular weight is 316 g/mol. The van der Waals surface area contributed by atoms with Crippen LogP contribution in [0.1, 0.15) is 40.2 Å². The van der Waals surface area contributed by atoms with Gasteiger partial charge < -0.3 is 14.1 Å². The van der Waals surface area contributed by atoms with Crippen LogP contribution in [0.4, 0.5) is 0 Å². The van der Waals surface area contributed by atoms with Gasteiger partial charge in [-0.2, -0.15) is 5.10 Å². The van der Waals surface area contributed by atoms with Gasteiger partial charge in [0.15, 0.2) is 5.89 Å². The fraction of sp³-hybridized carbons (Fsp3) is 0.467. The van der Waals surface area contributed by atoms with E-state index in [1.54, 1.807) is 4.90 Å². The maximum atomic E-state index is 12.4. The van der Waals surface area contributed by atoms with Crippen LogP contribution in [-0.4, -0.2) is 45.7 Å². The minimum Gasteiger partial charge on any atom is -0.445 e. The summed E-state index contributed by atoms with van der Waals surface area (Å²) in [5.74, 6) is 1.56. The summed E-state index contributed by atoms with van der Waals surface area (Å²) in [4.78, 5) is 29.7. The summed E-state index contributed by atoms with van der Waals surface area (Å²) in [5, 5.41) is 6.07. The van der Waals surface area contributed by atoms with Crippen molar-refractivity contribution in [1.82, 2.24) is 20.1 Å². The van der Waals surface area contributed by atoms with Crippen molar-refractivity contribution in [3.05, 3.63) is 45.5 Å². The van der Waals surface area contributed by atoms with Gasteiger partial charge in [0.2, 0.25) is 0 Å². The molecular formula is C15H16N4O4. The number of rotatable bonds is 2. The summed E-state index contributed by atoms with van der Waals surface area (Å²) < 4.78 is 11.2. The van der Waals surface area contributed by atoms with Gasteiger partial charge in [0.1, 0.15) is 17.1 Å². The zero-order chi connectivity index (χ0) is 15.8. The third kappa shape index (κ3) is 2.65. The second kappa shape index (κ2) is 5.62. The summed E-state index contributed by atoms with van der Waals surface area (Å²) in [5.41, 5.74) is 0.694. The van der Waals surface area contributed by atoms with Crippen LogP contribution in [0, 0.1) is 0 Å². The van der Waals surface area contributed by atoms with Crippen molar-refractivity contribution in [2.75, 3.05) is 19.8 Å². The first-order chi connectivity index (χ1) is 11.2. The van der Waals surface area contributed by atoms with Crippen LogP contribution < -0.4 is 5.56 Å². The van der Waals surface area contributed by atoms with Gasteiger partial charge in [-0.3, -0.25) is 9.59 Å². The lowest BCUT2D eigenvalue weighted by atomic mass is 10.1. The summed E-state index contributed by atoms with van der Waals surface area (Å²) in [6, 6.07) is 2.73. The Kier molecular flexibility index (Phi) is 3.45. The number of aromatic amines is 1. The number of oxazole rings is 1. The van der Waals surface area contributed by atoms with E-state index in [4.69, 9.17) is 9.15 Å². The van der Waals surface area contributed by atoms with Crippen molar-refractivity contribution < 1.29 is 13.9 Å². The number of carbonyl (C=O) groups is 1. The van der Waals surface area contributed by atoms with E-state index in [-0.39, 0.29) is 23.1 Å². The highest BCUT2D eigenvalue weighted by molar-refractivity contribution is 5.92. The Morgan fingerprint density at radius 1 is 1.39 bits per heavy atom. The number of hydrogen-bond donors (Lipinski definition) is 1. The standard InChI is InChI=1S/C15H16N4O4/c20-13-2-1-10(17-18-13)15(21)19-5-3-12-11(7-19)16-14(23-12)9-4-6-22-8-9/h1-2,9H,3-8H2,(H,18,20). The Morgan fingerprint density at radius 2 is 2.30 bits per heavy atom. The van der Waals surface area contributed by atoms with Crippen molar-refractivity contribution in [2.45, 2.75) is 25.3 Å². The molecule has 2 aromatic heterocycles. The summed E-state index contributed by atoms with van der Waals surface area (Å²) >= 11 is 0. The zero-order valence-corrected chi connectivity index (χ0v) is 12.4. The van der Waals surface area contributed by atoms with Gasteiger partial charge >= 0.3 is 0 Å². The Labute approximate surface area is 131 Å². The molecule has 8 nitrogen and oxygen atoms in total. The van der Waals surface area contributed by atoms with Crippen LogP contribution in [0.5, 0.6) is 0 Å². The Bertz CT molecular complexity index is 771. The molecule has 1 fully saturated rings. The first kappa shape index (κ1) is 14.1. The molecule has 2 aliphatic rings. The second-order valence-corrected chi connectivity index (χ2v) is 5.77. The van der Waals surface area contributed by atoms with Gasteiger partial charge in [-0.05, 0) is 12.5 Å². The van der Waals surface area contributed by atoms with E-state index >= 15 is 0 Å². The molecule has 1 N–H and O–H groups in total. The van der Waals surface area contributed by atoms with Crippen molar-refractivity contribution in [3.63, 3.8) is 0 Å². The molecule has 1 atom stereocenters. The quantitative estimate of drug-likeness (QED) is 0.863. The largest absolute Gasteiger partial charge is 0.445 e. The van der Waals surface area contributed by atoms with Gasteiger partial charge in [-0.1, -0.05) is 0 Å². The number of H-pyrrole nitrogens is 1. The highest BCUT2D eigenvalue weighted by Gasteiger charge is 2.30. The van der Waals surface area contributed by atoms with Gasteiger partial charge in [-0.15, -0.1) is 0 Å². The number of nitrogens with zero attached hydrogens (tertiary/aromatic N) is 3. The van der Waals surface area contributed by atoms with Crippen molar-refractivity contribution >= 4 is 5.91 Å². The van der Waals surface area contributed by atoms with Gasteiger partial charge in [-0.25, -0.2) is 10.1 Å². The van der Waals surface area contributed by atoms with E-state index in [2.05, 4.69) is 15.2 Å². The second-order valence-electron chi connectivity index (χ2n) is 5.77. The maximum absolute atomic E-state index is 12.4. The molecule has 2 aliphatic heterocycles. The highest BCUT2D eigenvalue weighted by atomic mass is 16.5. The fourth-order valence-corrected chi connectivity index (χ4v) is 2.92. The van der Waals surface area contributed by atoms with Crippen LogP contribution in [0.15, 0.2) is 21.3 Å². The molecule has 1 unspecified atom stereocenters. The normalized spacial score (nSPS) is 20.5. The molecule has 0 radical (unpaired) electrons. The van der Waals surface area contributed by atoms with Crippen molar-refractivity contribution in [2.24, 2.45) is 0 Å². The van der Waals surface area contributed by atoms with Crippen molar-refractivity contribution in [3.8, 4) is 0 Å². The van der Waals surface area contributed by atoms with Gasteiger partial charge in [0, 0.05) is 25.6 Å². The van der Waals surface area contributed by atoms with Crippen molar-refractivity contribution in [1.29, 1.82) is 0 Å². The average Bonchev–Trinajstić information content (AvgIpc) is 3.23. The molecule has 8 heteroatoms. The van der Waals surface area contributed by atoms with E-state index in [0.717, 1.165) is 24.5 Å². The lowest BCUT2D eigenvalue weighted by Gasteiger charge is -2.24. The number of carbonyl (C=O) groups excluding carboxylic acids is 1. The molecule has 1 amide bonds. The molecule has 0 spiro atoms. The molecular weight excluding hydrogens is 300 g/mol. The minimum absolute atomic E-state index is 0.214. The Morgan fingerprint density at radius 3 is 3.04 bits per heavy atom. The number of fused-ring (bicyclic) bond motifs is 1. The molecule has 4 rings (SSSR count). The highest BCUT2D eigenvalue weighted by Crippen LogP contribution is 2.29. The zero-order valence-electron chi connectivity index (χ0n) is 12.4. The Balaban J connectivity index is 1.52. The monoisotopic (exact) mass is 316 g/mol. The molecule has 4 heterocycles. The predicted octanol–water partition coefficient (Wildman–Crippen LogP) is 0.460. The third-order valence-electron chi connectivity index (χ3n) is 4.21. The topological polar surface area (TPSA) is 101 Å². The third-order valence-corrected chi connectivity index (χ3v) is 4.21. The van der Waals surface area contributed by atoms with Crippen LogP contribution in [0.3, 0.4) is 0 Å². The SMILES string of the molecule is O=C(c1ccc(=O)[nH]n1)N1CCc2oc(C3CCOC3)nc2C1. The maximum Gasteiger partial charge on any atom is 0.274 e. The van der Waals surface area contributed by atoms with E-state index in [0.29, 0.717) is 32.0 Å². The first-order valence-electron chi connectivity index (χ1n) is 7.62. The molecule has 0 bridgehead atoms. The molecule has 0 aromatic carbocycles. The number of hydrogen-bond acceptors (Lipinski definition) is 6. The Hall–Kier alpha value is -2.48. The summed E-state index contributed by atoms with van der Waals surface area (Å²) in [6.45, 7) is 2.32.